The Morgan fingerprint density at radius 3 is 2.56 bits per heavy atom. The summed E-state index contributed by atoms with van der Waals surface area (Å²) in [4.78, 5) is 14.8. The van der Waals surface area contributed by atoms with E-state index in [1.54, 1.807) is 29.2 Å². The number of morpholine rings is 1. The van der Waals surface area contributed by atoms with Crippen LogP contribution in [0.25, 0.3) is 0 Å². The first-order chi connectivity index (χ1) is 16.3. The van der Waals surface area contributed by atoms with Crippen LogP contribution in [0.4, 0.5) is 4.39 Å². The van der Waals surface area contributed by atoms with E-state index in [2.05, 4.69) is 0 Å². The van der Waals surface area contributed by atoms with Gasteiger partial charge in [0.05, 0.1) is 24.7 Å². The number of carbonyl (C=O) groups excluding carboxylic acids is 1. The van der Waals surface area contributed by atoms with Gasteiger partial charge in [-0.25, -0.2) is 12.8 Å². The van der Waals surface area contributed by atoms with Gasteiger partial charge in [0.2, 0.25) is 15.9 Å². The number of amides is 1. The van der Waals surface area contributed by atoms with Gasteiger partial charge in [0.25, 0.3) is 0 Å². The zero-order valence-corrected chi connectivity index (χ0v) is 20.4. The average Bonchev–Trinajstić information content (AvgIpc) is 2.84. The second kappa shape index (κ2) is 10.6. The van der Waals surface area contributed by atoms with Crippen LogP contribution < -0.4 is 4.74 Å². The van der Waals surface area contributed by atoms with Gasteiger partial charge in [-0.2, -0.15) is 4.31 Å². The maximum Gasteiger partial charge on any atom is 0.243 e. The van der Waals surface area contributed by atoms with E-state index in [4.69, 9.17) is 21.1 Å². The lowest BCUT2D eigenvalue weighted by atomic mass is 9.78. The third-order valence-corrected chi connectivity index (χ3v) is 8.40. The maximum absolute atomic E-state index is 13.8. The lowest BCUT2D eigenvalue weighted by Gasteiger charge is -2.42. The highest BCUT2D eigenvalue weighted by Gasteiger charge is 2.43. The monoisotopic (exact) mass is 510 g/mol. The van der Waals surface area contributed by atoms with Gasteiger partial charge in [0.1, 0.15) is 11.6 Å². The second-order valence-corrected chi connectivity index (χ2v) is 11.2. The molecule has 0 aromatic heterocycles. The van der Waals surface area contributed by atoms with Crippen molar-refractivity contribution < 1.29 is 27.1 Å². The predicted molar refractivity (Wildman–Crippen MR) is 126 cm³/mol. The van der Waals surface area contributed by atoms with Crippen molar-refractivity contribution >= 4 is 27.5 Å². The minimum atomic E-state index is -3.93. The highest BCUT2D eigenvalue weighted by atomic mass is 35.5. The van der Waals surface area contributed by atoms with Crippen molar-refractivity contribution in [3.05, 3.63) is 59.4 Å². The molecule has 0 radical (unpaired) electrons. The molecule has 0 N–H and O–H groups in total. The molecule has 2 saturated heterocycles. The van der Waals surface area contributed by atoms with E-state index in [0.29, 0.717) is 56.5 Å². The molecule has 2 aliphatic rings. The minimum Gasteiger partial charge on any atom is -0.493 e. The minimum absolute atomic E-state index is 0.0481. The molecule has 34 heavy (non-hydrogen) atoms. The number of sulfonamides is 1. The number of rotatable bonds is 7. The molecule has 7 nitrogen and oxygen atoms in total. The van der Waals surface area contributed by atoms with Crippen molar-refractivity contribution in [3.8, 4) is 5.75 Å². The molecule has 2 heterocycles. The first kappa shape index (κ1) is 24.9. The van der Waals surface area contributed by atoms with Crippen molar-refractivity contribution in [2.45, 2.75) is 24.2 Å². The summed E-state index contributed by atoms with van der Waals surface area (Å²) in [5, 5.41) is 0.578. The average molecular weight is 511 g/mol. The molecule has 2 aromatic rings. The number of carbonyl (C=O) groups is 1. The number of hydrogen-bond acceptors (Lipinski definition) is 5. The van der Waals surface area contributed by atoms with Crippen molar-refractivity contribution in [2.75, 3.05) is 46.0 Å². The summed E-state index contributed by atoms with van der Waals surface area (Å²) in [6.07, 6.45) is 1.34. The number of nitrogens with zero attached hydrogens (tertiary/aromatic N) is 2. The Hall–Kier alpha value is -2.20. The summed E-state index contributed by atoms with van der Waals surface area (Å²) < 4.78 is 53.1. The van der Waals surface area contributed by atoms with Crippen LogP contribution in [0.15, 0.2) is 53.4 Å². The number of halogens is 2. The van der Waals surface area contributed by atoms with E-state index in [1.807, 2.05) is 0 Å². The molecule has 1 atom stereocenters. The molecular weight excluding hydrogens is 483 g/mol. The molecule has 184 valence electrons. The van der Waals surface area contributed by atoms with Gasteiger partial charge in [-0.05, 0) is 55.3 Å². The van der Waals surface area contributed by atoms with Crippen LogP contribution >= 0.6 is 11.6 Å². The molecule has 0 bridgehead atoms. The van der Waals surface area contributed by atoms with Crippen LogP contribution in [0.5, 0.6) is 5.75 Å². The Morgan fingerprint density at radius 2 is 1.85 bits per heavy atom. The van der Waals surface area contributed by atoms with E-state index in [9.17, 15) is 17.6 Å². The summed E-state index contributed by atoms with van der Waals surface area (Å²) >= 11 is 5.97. The lowest BCUT2D eigenvalue weighted by molar-refractivity contribution is -0.139. The van der Waals surface area contributed by atoms with E-state index < -0.39 is 21.3 Å². The van der Waals surface area contributed by atoms with Crippen LogP contribution in [0.2, 0.25) is 5.02 Å². The van der Waals surface area contributed by atoms with Crippen molar-refractivity contribution in [1.29, 1.82) is 0 Å². The predicted octanol–water partition coefficient (Wildman–Crippen LogP) is 3.58. The zero-order valence-electron chi connectivity index (χ0n) is 18.8. The molecule has 1 amide bonds. The van der Waals surface area contributed by atoms with E-state index in [0.717, 1.165) is 6.07 Å². The highest BCUT2D eigenvalue weighted by molar-refractivity contribution is 7.89. The van der Waals surface area contributed by atoms with Crippen molar-refractivity contribution in [1.82, 2.24) is 9.21 Å². The summed E-state index contributed by atoms with van der Waals surface area (Å²) in [6.45, 7) is 2.57. The Morgan fingerprint density at radius 1 is 1.12 bits per heavy atom. The Balaban J connectivity index is 1.58. The molecule has 0 spiro atoms. The molecular formula is C24H28ClFN2O5S. The molecule has 2 aliphatic heterocycles. The fourth-order valence-corrected chi connectivity index (χ4v) is 6.22. The third-order valence-electron chi connectivity index (χ3n) is 6.31. The summed E-state index contributed by atoms with van der Waals surface area (Å²) in [6, 6.07) is 11.9. The Kier molecular flexibility index (Phi) is 7.77. The number of piperidine rings is 1. The first-order valence-corrected chi connectivity index (χ1v) is 13.1. The zero-order chi connectivity index (χ0) is 24.2. The van der Waals surface area contributed by atoms with Crippen LogP contribution in [0.3, 0.4) is 0 Å². The molecule has 0 aliphatic carbocycles. The van der Waals surface area contributed by atoms with Gasteiger partial charge in [0.15, 0.2) is 0 Å². The second-order valence-electron chi connectivity index (χ2n) is 8.81. The molecule has 2 aromatic carbocycles. The van der Waals surface area contributed by atoms with Gasteiger partial charge < -0.3 is 14.4 Å². The SMILES string of the molecule is O=C(C[C@@]1(COc2ccc(Cl)cc2)CCCN(S(=O)(=O)c2cccc(F)c2)C1)N1CCOCC1. The summed E-state index contributed by atoms with van der Waals surface area (Å²) in [5.74, 6) is -0.0707. The normalized spacial score (nSPS) is 21.9. The Labute approximate surface area is 204 Å². The van der Waals surface area contributed by atoms with E-state index in [-0.39, 0.29) is 30.4 Å². The number of ether oxygens (including phenoxy) is 2. The Bertz CT molecular complexity index is 1110. The van der Waals surface area contributed by atoms with Crippen LogP contribution in [0.1, 0.15) is 19.3 Å². The third kappa shape index (κ3) is 5.89. The highest BCUT2D eigenvalue weighted by Crippen LogP contribution is 2.37. The van der Waals surface area contributed by atoms with Crippen LogP contribution in [-0.2, 0) is 19.6 Å². The van der Waals surface area contributed by atoms with Crippen LogP contribution in [-0.4, -0.2) is 69.5 Å². The maximum atomic E-state index is 13.8. The lowest BCUT2D eigenvalue weighted by Crippen LogP contribution is -2.51. The molecule has 2 fully saturated rings. The first-order valence-electron chi connectivity index (χ1n) is 11.3. The van der Waals surface area contributed by atoms with Gasteiger partial charge in [-0.15, -0.1) is 0 Å². The van der Waals surface area contributed by atoms with Crippen LogP contribution in [0, 0.1) is 11.2 Å². The smallest absolute Gasteiger partial charge is 0.243 e. The molecule has 0 saturated carbocycles. The summed E-state index contributed by atoms with van der Waals surface area (Å²) in [7, 11) is -3.93. The summed E-state index contributed by atoms with van der Waals surface area (Å²) in [5.41, 5.74) is -0.729. The molecule has 0 unspecified atom stereocenters. The molecule has 4 rings (SSSR count). The largest absolute Gasteiger partial charge is 0.493 e. The van der Waals surface area contributed by atoms with Gasteiger partial charge in [0, 0.05) is 43.0 Å². The molecule has 10 heteroatoms. The van der Waals surface area contributed by atoms with Crippen molar-refractivity contribution in [2.24, 2.45) is 5.41 Å². The fraction of sp³-hybridized carbons (Fsp3) is 0.458. The van der Waals surface area contributed by atoms with Gasteiger partial charge >= 0.3 is 0 Å². The van der Waals surface area contributed by atoms with Gasteiger partial charge in [-0.1, -0.05) is 17.7 Å². The number of benzene rings is 2. The fourth-order valence-electron chi connectivity index (χ4n) is 4.47. The van der Waals surface area contributed by atoms with E-state index in [1.165, 1.54) is 22.5 Å². The van der Waals surface area contributed by atoms with Gasteiger partial charge in [-0.3, -0.25) is 4.79 Å². The number of hydrogen-bond donors (Lipinski definition) is 0. The standard InChI is InChI=1S/C24H28ClFN2O5S/c25-19-5-7-21(8-6-19)33-18-24(16-23(29)27-11-13-32-14-12-27)9-2-10-28(17-24)34(30,31)22-4-1-3-20(26)15-22/h1,3-8,15H,2,9-14,16-18H2/t24-/m0/s1. The topological polar surface area (TPSA) is 76.2 Å². The van der Waals surface area contributed by atoms with Crippen molar-refractivity contribution in [3.63, 3.8) is 0 Å². The quantitative estimate of drug-likeness (QED) is 0.569. The van der Waals surface area contributed by atoms with E-state index >= 15 is 0 Å².